The lowest BCUT2D eigenvalue weighted by molar-refractivity contribution is -0.159. The van der Waals surface area contributed by atoms with Crippen molar-refractivity contribution < 1.29 is 19.1 Å². The van der Waals surface area contributed by atoms with E-state index in [0.717, 1.165) is 24.1 Å². The summed E-state index contributed by atoms with van der Waals surface area (Å²) < 4.78 is 7.47. The molecule has 2 fully saturated rings. The first kappa shape index (κ1) is 19.7. The fraction of sp³-hybridized carbons (Fsp3) is 0.280. The fourth-order valence-corrected chi connectivity index (χ4v) is 4.93. The predicted molar refractivity (Wildman–Crippen MR) is 118 cm³/mol. The molecule has 0 N–H and O–H groups in total. The Hall–Kier alpha value is -3.94. The monoisotopic (exact) mass is 442 g/mol. The number of esters is 1. The zero-order chi connectivity index (χ0) is 22.6. The van der Waals surface area contributed by atoms with Crippen LogP contribution in [0.25, 0.3) is 5.69 Å². The maximum atomic E-state index is 13.7. The van der Waals surface area contributed by atoms with Gasteiger partial charge in [-0.1, -0.05) is 30.3 Å². The summed E-state index contributed by atoms with van der Waals surface area (Å²) in [4.78, 5) is 43.2. The van der Waals surface area contributed by atoms with Gasteiger partial charge in [0.15, 0.2) is 0 Å². The number of benzene rings is 2. The minimum Gasteiger partial charge on any atom is -0.458 e. The maximum absolute atomic E-state index is 13.7. The summed E-state index contributed by atoms with van der Waals surface area (Å²) >= 11 is 0. The zero-order valence-corrected chi connectivity index (χ0v) is 17.9. The highest BCUT2D eigenvalue weighted by Crippen LogP contribution is 2.49. The van der Waals surface area contributed by atoms with Gasteiger partial charge in [-0.05, 0) is 37.1 Å². The molecule has 8 nitrogen and oxygen atoms in total. The van der Waals surface area contributed by atoms with Crippen molar-refractivity contribution in [1.29, 1.82) is 0 Å². The Labute approximate surface area is 190 Å². The second-order valence-corrected chi connectivity index (χ2v) is 8.67. The first-order valence-electron chi connectivity index (χ1n) is 11.1. The Morgan fingerprint density at radius 3 is 2.61 bits per heavy atom. The van der Waals surface area contributed by atoms with E-state index in [9.17, 15) is 14.4 Å². The average molecular weight is 442 g/mol. The minimum absolute atomic E-state index is 0.00376. The van der Waals surface area contributed by atoms with Crippen molar-refractivity contribution in [2.24, 2.45) is 0 Å². The number of aromatic nitrogens is 2. The van der Waals surface area contributed by atoms with E-state index in [4.69, 9.17) is 4.74 Å². The van der Waals surface area contributed by atoms with Gasteiger partial charge >= 0.3 is 5.97 Å². The fourth-order valence-electron chi connectivity index (χ4n) is 4.93. The van der Waals surface area contributed by atoms with Crippen LogP contribution in [0.2, 0.25) is 0 Å². The van der Waals surface area contributed by atoms with E-state index in [1.54, 1.807) is 46.2 Å². The standard InChI is InChI=1S/C25H22N4O4/c30-22-12-13-25(24(32)33-16-17-14-26-27(15-17)18-6-2-1-3-7-18)28(19-10-11-19)23(31)20-8-4-5-9-21(20)29(22)25/h1-9,14-15,19H,10-13,16H2/t25-/m0/s1. The van der Waals surface area contributed by atoms with Crippen molar-refractivity contribution in [3.8, 4) is 5.69 Å². The van der Waals surface area contributed by atoms with Gasteiger partial charge in [-0.3, -0.25) is 14.5 Å². The van der Waals surface area contributed by atoms with Crippen molar-refractivity contribution in [3.63, 3.8) is 0 Å². The molecule has 8 heteroatoms. The highest BCUT2D eigenvalue weighted by molar-refractivity contribution is 6.15. The number of carbonyl (C=O) groups excluding carboxylic acids is 3. The number of para-hydroxylation sites is 2. The summed E-state index contributed by atoms with van der Waals surface area (Å²) in [6.07, 6.45) is 5.49. The van der Waals surface area contributed by atoms with Crippen LogP contribution in [0.4, 0.5) is 5.69 Å². The summed E-state index contributed by atoms with van der Waals surface area (Å²) in [6.45, 7) is 0.00376. The van der Waals surface area contributed by atoms with Gasteiger partial charge < -0.3 is 9.64 Å². The Bertz CT molecular complexity index is 1270. The maximum Gasteiger partial charge on any atom is 0.354 e. The van der Waals surface area contributed by atoms with E-state index in [-0.39, 0.29) is 37.3 Å². The average Bonchev–Trinajstić information content (AvgIpc) is 3.45. The third-order valence-corrected chi connectivity index (χ3v) is 6.57. The zero-order valence-electron chi connectivity index (χ0n) is 17.9. The summed E-state index contributed by atoms with van der Waals surface area (Å²) in [5.41, 5.74) is 1.12. The molecule has 2 aliphatic heterocycles. The van der Waals surface area contributed by atoms with Gasteiger partial charge in [-0.25, -0.2) is 9.48 Å². The van der Waals surface area contributed by atoms with Gasteiger partial charge in [0.2, 0.25) is 11.6 Å². The molecular formula is C25H22N4O4. The summed E-state index contributed by atoms with van der Waals surface area (Å²) in [6, 6.07) is 16.6. The number of anilines is 1. The first-order chi connectivity index (χ1) is 16.1. The summed E-state index contributed by atoms with van der Waals surface area (Å²) in [5.74, 6) is -0.960. The van der Waals surface area contributed by atoms with Crippen LogP contribution in [0.1, 0.15) is 41.6 Å². The smallest absolute Gasteiger partial charge is 0.354 e. The van der Waals surface area contributed by atoms with E-state index in [2.05, 4.69) is 5.10 Å². The van der Waals surface area contributed by atoms with Gasteiger partial charge in [-0.15, -0.1) is 0 Å². The van der Waals surface area contributed by atoms with Crippen LogP contribution in [0.3, 0.4) is 0 Å². The summed E-state index contributed by atoms with van der Waals surface area (Å²) in [5, 5.41) is 4.35. The molecule has 2 amide bonds. The Morgan fingerprint density at radius 1 is 1.06 bits per heavy atom. The predicted octanol–water partition coefficient (Wildman–Crippen LogP) is 3.06. The Balaban J connectivity index is 1.32. The molecular weight excluding hydrogens is 420 g/mol. The van der Waals surface area contributed by atoms with Gasteiger partial charge in [-0.2, -0.15) is 5.10 Å². The molecule has 0 unspecified atom stereocenters. The molecule has 1 aromatic heterocycles. The first-order valence-corrected chi connectivity index (χ1v) is 11.1. The molecule has 2 aromatic carbocycles. The topological polar surface area (TPSA) is 84.7 Å². The SMILES string of the molecule is O=C1CC[C@@]2(C(=O)OCc3cnn(-c4ccccc4)c3)N1c1ccccc1C(=O)N2C1CC1. The van der Waals surface area contributed by atoms with Crippen molar-refractivity contribution in [1.82, 2.24) is 14.7 Å². The van der Waals surface area contributed by atoms with Crippen LogP contribution in [0, 0.1) is 0 Å². The van der Waals surface area contributed by atoms with Crippen LogP contribution in [-0.4, -0.2) is 44.2 Å². The van der Waals surface area contributed by atoms with Gasteiger partial charge in [0, 0.05) is 30.6 Å². The molecule has 0 bridgehead atoms. The highest BCUT2D eigenvalue weighted by atomic mass is 16.5. The number of rotatable bonds is 5. The molecule has 3 aliphatic rings. The van der Waals surface area contributed by atoms with Crippen molar-refractivity contribution >= 4 is 23.5 Å². The van der Waals surface area contributed by atoms with Crippen molar-refractivity contribution in [3.05, 3.63) is 78.1 Å². The number of fused-ring (bicyclic) bond motifs is 3. The largest absolute Gasteiger partial charge is 0.458 e. The van der Waals surface area contributed by atoms with Gasteiger partial charge in [0.05, 0.1) is 23.1 Å². The molecule has 0 radical (unpaired) electrons. The third-order valence-electron chi connectivity index (χ3n) is 6.57. The van der Waals surface area contributed by atoms with Crippen LogP contribution in [-0.2, 0) is 20.9 Å². The lowest BCUT2D eigenvalue weighted by Gasteiger charge is -2.48. The second-order valence-electron chi connectivity index (χ2n) is 8.67. The molecule has 1 atom stereocenters. The summed E-state index contributed by atoms with van der Waals surface area (Å²) in [7, 11) is 0. The minimum atomic E-state index is -1.43. The van der Waals surface area contributed by atoms with Gasteiger partial charge in [0.25, 0.3) is 5.91 Å². The Morgan fingerprint density at radius 2 is 1.82 bits per heavy atom. The Kier molecular flexibility index (Phi) is 4.36. The molecule has 3 heterocycles. The third kappa shape index (κ3) is 2.97. The molecule has 33 heavy (non-hydrogen) atoms. The highest BCUT2D eigenvalue weighted by Gasteiger charge is 2.64. The lowest BCUT2D eigenvalue weighted by Crippen LogP contribution is -2.69. The molecule has 1 saturated heterocycles. The van der Waals surface area contributed by atoms with Crippen molar-refractivity contribution in [2.75, 3.05) is 4.90 Å². The molecule has 1 aliphatic carbocycles. The lowest BCUT2D eigenvalue weighted by atomic mass is 9.96. The molecule has 0 spiro atoms. The van der Waals surface area contributed by atoms with Crippen molar-refractivity contribution in [2.45, 2.75) is 44.0 Å². The van der Waals surface area contributed by atoms with Crippen LogP contribution in [0.5, 0.6) is 0 Å². The molecule has 6 rings (SSSR count). The number of nitrogens with zero attached hydrogens (tertiary/aromatic N) is 4. The molecule has 3 aromatic rings. The molecule has 1 saturated carbocycles. The number of carbonyl (C=O) groups is 3. The van der Waals surface area contributed by atoms with Gasteiger partial charge in [0.1, 0.15) is 6.61 Å². The van der Waals surface area contributed by atoms with E-state index in [1.807, 2.05) is 30.3 Å². The second kappa shape index (κ2) is 7.30. The number of hydrogen-bond donors (Lipinski definition) is 0. The normalized spacial score (nSPS) is 21.7. The van der Waals surface area contributed by atoms with E-state index >= 15 is 0 Å². The number of hydrogen-bond acceptors (Lipinski definition) is 5. The van der Waals surface area contributed by atoms with Crippen LogP contribution < -0.4 is 4.90 Å². The van der Waals surface area contributed by atoms with E-state index < -0.39 is 11.6 Å². The van der Waals surface area contributed by atoms with E-state index in [0.29, 0.717) is 11.3 Å². The quantitative estimate of drug-likeness (QED) is 0.567. The van der Waals surface area contributed by atoms with Crippen LogP contribution in [0.15, 0.2) is 67.0 Å². The van der Waals surface area contributed by atoms with Crippen LogP contribution >= 0.6 is 0 Å². The van der Waals surface area contributed by atoms with E-state index in [1.165, 1.54) is 4.90 Å². The molecule has 166 valence electrons. The number of ether oxygens (including phenoxy) is 1. The number of amides is 2.